The van der Waals surface area contributed by atoms with Gasteiger partial charge < -0.3 is 30.0 Å². The maximum atomic E-state index is 14.8. The number of hydrogen-bond acceptors (Lipinski definition) is 4. The van der Waals surface area contributed by atoms with Crippen LogP contribution in [0.4, 0.5) is 10.5 Å². The second-order valence-electron chi connectivity index (χ2n) is 13.9. The van der Waals surface area contributed by atoms with Crippen LogP contribution < -0.4 is 15.9 Å². The zero-order chi connectivity index (χ0) is 33.5. The molecule has 2 saturated heterocycles. The summed E-state index contributed by atoms with van der Waals surface area (Å²) in [5, 5.41) is 4.88. The molecule has 5 aromatic rings. The van der Waals surface area contributed by atoms with Crippen LogP contribution in [0, 0.1) is 5.92 Å². The van der Waals surface area contributed by atoms with Crippen molar-refractivity contribution in [2.24, 2.45) is 5.92 Å². The third-order valence-corrected chi connectivity index (χ3v) is 10.9. The van der Waals surface area contributed by atoms with E-state index < -0.39 is 6.04 Å². The number of imidazole rings is 1. The summed E-state index contributed by atoms with van der Waals surface area (Å²) in [4.78, 5) is 54.1. The van der Waals surface area contributed by atoms with Gasteiger partial charge in [0.1, 0.15) is 6.04 Å². The normalized spacial score (nSPS) is 19.4. The number of piperidine rings is 1. The third-order valence-electron chi connectivity index (χ3n) is 10.7. The number of carbonyl (C=O) groups excluding carboxylic acids is 2. The van der Waals surface area contributed by atoms with Crippen LogP contribution in [0.15, 0.2) is 77.7 Å². The Morgan fingerprint density at radius 1 is 0.939 bits per heavy atom. The molecule has 3 N–H and O–H groups in total. The molecule has 11 heteroatoms. The molecule has 0 spiro atoms. The average Bonchev–Trinajstić information content (AvgIpc) is 3.86. The van der Waals surface area contributed by atoms with Gasteiger partial charge in [-0.2, -0.15) is 0 Å². The number of amides is 3. The van der Waals surface area contributed by atoms with E-state index in [1.54, 1.807) is 4.90 Å². The first-order valence-electron chi connectivity index (χ1n) is 17.5. The lowest BCUT2D eigenvalue weighted by Gasteiger charge is -2.39. The number of benzene rings is 3. The Morgan fingerprint density at radius 3 is 2.51 bits per heavy atom. The molecule has 5 heterocycles. The highest BCUT2D eigenvalue weighted by Crippen LogP contribution is 2.34. The Balaban J connectivity index is 1.04. The first kappa shape index (κ1) is 31.7. The molecule has 0 unspecified atom stereocenters. The monoisotopic (exact) mass is 679 g/mol. The average molecular weight is 680 g/mol. The van der Waals surface area contributed by atoms with Crippen molar-refractivity contribution in [2.75, 3.05) is 44.2 Å². The summed E-state index contributed by atoms with van der Waals surface area (Å²) in [5.74, 6) is 0.151. The fourth-order valence-corrected chi connectivity index (χ4v) is 8.48. The molecule has 0 saturated carbocycles. The largest absolute Gasteiger partial charge is 0.361 e. The van der Waals surface area contributed by atoms with Crippen LogP contribution in [0.2, 0.25) is 5.02 Å². The molecule has 2 fully saturated rings. The van der Waals surface area contributed by atoms with Crippen LogP contribution in [-0.2, 0) is 17.6 Å². The van der Waals surface area contributed by atoms with Gasteiger partial charge in [0.15, 0.2) is 0 Å². The van der Waals surface area contributed by atoms with Crippen LogP contribution in [-0.4, -0.2) is 81.6 Å². The maximum Gasteiger partial charge on any atom is 0.326 e. The minimum atomic E-state index is -0.783. The van der Waals surface area contributed by atoms with Gasteiger partial charge >= 0.3 is 11.7 Å². The van der Waals surface area contributed by atoms with Crippen LogP contribution in [0.3, 0.4) is 0 Å². The number of aromatic nitrogens is 3. The minimum Gasteiger partial charge on any atom is -0.361 e. The van der Waals surface area contributed by atoms with Crippen molar-refractivity contribution in [1.29, 1.82) is 0 Å². The zero-order valence-electron chi connectivity index (χ0n) is 27.5. The molecule has 2 atom stereocenters. The Morgan fingerprint density at radius 2 is 1.69 bits per heavy atom. The standard InChI is InChI=1S/C38H42ClN7O3/c39-28-11-12-34-26(20-28)19-25(23-43-15-5-6-16-43)24-45(34)36(47)33(21-27-22-40-31-8-2-1-7-30(27)31)42-37(48)44-17-13-29(14-18-44)46-35-10-4-3-9-32(35)41-38(46)49/h1-4,7-12,20,22,25,29,33,40H,5-6,13-19,21,23-24H2,(H,41,49)(H,42,48)/t25-,33+/m0/s1. The van der Waals surface area contributed by atoms with Crippen LogP contribution in [0.5, 0.6) is 0 Å². The summed E-state index contributed by atoms with van der Waals surface area (Å²) < 4.78 is 1.83. The second kappa shape index (κ2) is 13.4. The fourth-order valence-electron chi connectivity index (χ4n) is 8.29. The van der Waals surface area contributed by atoms with E-state index in [0.717, 1.165) is 64.8 Å². The van der Waals surface area contributed by atoms with E-state index in [0.29, 0.717) is 43.9 Å². The minimum absolute atomic E-state index is 0.0134. The van der Waals surface area contributed by atoms with Gasteiger partial charge in [-0.1, -0.05) is 41.9 Å². The molecule has 3 amide bonds. The van der Waals surface area contributed by atoms with E-state index in [1.165, 1.54) is 12.8 Å². The first-order valence-corrected chi connectivity index (χ1v) is 17.9. The van der Waals surface area contributed by atoms with E-state index in [4.69, 9.17) is 11.6 Å². The number of para-hydroxylation sites is 3. The predicted molar refractivity (Wildman–Crippen MR) is 193 cm³/mol. The van der Waals surface area contributed by atoms with Crippen molar-refractivity contribution in [2.45, 2.75) is 50.6 Å². The molecule has 3 aromatic carbocycles. The van der Waals surface area contributed by atoms with E-state index >= 15 is 0 Å². The number of hydrogen-bond donors (Lipinski definition) is 3. The zero-order valence-corrected chi connectivity index (χ0v) is 28.3. The number of halogens is 1. The molecule has 0 radical (unpaired) electrons. The third kappa shape index (κ3) is 6.35. The SMILES string of the molecule is O=C(N[C@H](Cc1c[nH]c2ccccc12)C(=O)N1C[C@H](CN2CCCC2)Cc2cc(Cl)ccc21)N1CCC(n2c(=O)[nH]c3ccccc32)CC1. The smallest absolute Gasteiger partial charge is 0.326 e. The van der Waals surface area contributed by atoms with Crippen molar-refractivity contribution >= 4 is 51.2 Å². The number of aromatic amines is 2. The number of likely N-dealkylation sites (tertiary alicyclic amines) is 2. The topological polar surface area (TPSA) is 109 Å². The van der Waals surface area contributed by atoms with Gasteiger partial charge in [0.05, 0.1) is 11.0 Å². The summed E-state index contributed by atoms with van der Waals surface area (Å²) >= 11 is 6.47. The first-order chi connectivity index (χ1) is 23.9. The Hall–Kier alpha value is -4.54. The second-order valence-corrected chi connectivity index (χ2v) is 14.3. The fraction of sp³-hybridized carbons (Fsp3) is 0.395. The summed E-state index contributed by atoms with van der Waals surface area (Å²) in [6.07, 6.45) is 6.89. The van der Waals surface area contributed by atoms with Crippen molar-refractivity contribution in [3.05, 3.63) is 99.6 Å². The lowest BCUT2D eigenvalue weighted by atomic mass is 9.91. The van der Waals surface area contributed by atoms with Gasteiger partial charge in [-0.05, 0) is 98.6 Å². The molecular weight excluding hydrogens is 638 g/mol. The number of fused-ring (bicyclic) bond motifs is 3. The number of urea groups is 1. The van der Waals surface area contributed by atoms with Gasteiger partial charge in [0.25, 0.3) is 0 Å². The summed E-state index contributed by atoms with van der Waals surface area (Å²) in [6.45, 7) is 4.69. The van der Waals surface area contributed by atoms with Crippen LogP contribution in [0.1, 0.15) is 42.9 Å². The number of H-pyrrole nitrogens is 2. The Bertz CT molecular complexity index is 2050. The molecule has 49 heavy (non-hydrogen) atoms. The molecule has 3 aliphatic heterocycles. The van der Waals surface area contributed by atoms with Gasteiger partial charge in [0.2, 0.25) is 5.91 Å². The van der Waals surface area contributed by atoms with E-state index in [9.17, 15) is 14.4 Å². The van der Waals surface area contributed by atoms with Gasteiger partial charge in [-0.3, -0.25) is 9.36 Å². The Labute approximate surface area is 290 Å². The van der Waals surface area contributed by atoms with Crippen molar-refractivity contribution in [3.8, 4) is 0 Å². The molecule has 2 aromatic heterocycles. The number of nitrogens with zero attached hydrogens (tertiary/aromatic N) is 4. The van der Waals surface area contributed by atoms with Gasteiger partial charge in [0, 0.05) is 66.5 Å². The van der Waals surface area contributed by atoms with Crippen molar-refractivity contribution in [1.82, 2.24) is 29.7 Å². The molecular formula is C38H42ClN7O3. The van der Waals surface area contributed by atoms with Gasteiger partial charge in [-0.25, -0.2) is 9.59 Å². The highest BCUT2D eigenvalue weighted by molar-refractivity contribution is 6.30. The maximum absolute atomic E-state index is 14.8. The molecule has 3 aliphatic rings. The summed E-state index contributed by atoms with van der Waals surface area (Å²) in [5.41, 5.74) is 5.49. The van der Waals surface area contributed by atoms with Crippen LogP contribution >= 0.6 is 11.6 Å². The summed E-state index contributed by atoms with van der Waals surface area (Å²) in [6, 6.07) is 20.5. The van der Waals surface area contributed by atoms with Gasteiger partial charge in [-0.15, -0.1) is 0 Å². The Kier molecular flexibility index (Phi) is 8.67. The van der Waals surface area contributed by atoms with E-state index in [1.807, 2.05) is 82.4 Å². The lowest BCUT2D eigenvalue weighted by molar-refractivity contribution is -0.120. The highest BCUT2D eigenvalue weighted by Gasteiger charge is 2.36. The highest BCUT2D eigenvalue weighted by atomic mass is 35.5. The number of carbonyl (C=O) groups is 2. The molecule has 8 rings (SSSR count). The predicted octanol–water partition coefficient (Wildman–Crippen LogP) is 5.72. The summed E-state index contributed by atoms with van der Waals surface area (Å²) in [7, 11) is 0. The molecule has 0 bridgehead atoms. The molecule has 254 valence electrons. The molecule has 0 aliphatic carbocycles. The van der Waals surface area contributed by atoms with E-state index in [2.05, 4.69) is 20.2 Å². The number of rotatable bonds is 7. The number of anilines is 1. The van der Waals surface area contributed by atoms with E-state index in [-0.39, 0.29) is 29.6 Å². The molecule has 10 nitrogen and oxygen atoms in total. The number of nitrogens with one attached hydrogen (secondary N) is 3. The quantitative estimate of drug-likeness (QED) is 0.204. The van der Waals surface area contributed by atoms with Crippen LogP contribution in [0.25, 0.3) is 21.9 Å². The van der Waals surface area contributed by atoms with Crippen molar-refractivity contribution in [3.63, 3.8) is 0 Å². The lowest BCUT2D eigenvalue weighted by Crippen LogP contribution is -2.56. The van der Waals surface area contributed by atoms with Crippen molar-refractivity contribution < 1.29 is 9.59 Å².